The average Bonchev–Trinajstić information content (AvgIpc) is 2.97. The summed E-state index contributed by atoms with van der Waals surface area (Å²) in [6, 6.07) is 9.59. The lowest BCUT2D eigenvalue weighted by atomic mass is 10.1. The quantitative estimate of drug-likeness (QED) is 0.855. The van der Waals surface area contributed by atoms with E-state index in [1.165, 1.54) is 19.2 Å². The normalized spacial score (nSPS) is 13.7. The molecule has 112 valence electrons. The van der Waals surface area contributed by atoms with Gasteiger partial charge in [-0.05, 0) is 43.7 Å². The number of ether oxygens (including phenoxy) is 1. The van der Waals surface area contributed by atoms with Crippen LogP contribution in [0.15, 0.2) is 40.8 Å². The summed E-state index contributed by atoms with van der Waals surface area (Å²) in [4.78, 5) is 11.4. The highest BCUT2D eigenvalue weighted by atomic mass is 19.1. The molecule has 1 aromatic heterocycles. The van der Waals surface area contributed by atoms with Gasteiger partial charge in [-0.15, -0.1) is 0 Å². The van der Waals surface area contributed by atoms with Crippen LogP contribution in [0.4, 0.5) is 4.39 Å². The van der Waals surface area contributed by atoms with E-state index in [4.69, 9.17) is 4.42 Å². The van der Waals surface area contributed by atoms with Crippen LogP contribution < -0.4 is 5.32 Å². The molecule has 21 heavy (non-hydrogen) atoms. The zero-order chi connectivity index (χ0) is 15.4. The smallest absolute Gasteiger partial charge is 0.373 e. The lowest BCUT2D eigenvalue weighted by molar-refractivity contribution is 0.0562. The van der Waals surface area contributed by atoms with Gasteiger partial charge in [-0.2, -0.15) is 0 Å². The maximum Gasteiger partial charge on any atom is 0.373 e. The molecule has 1 heterocycles. The van der Waals surface area contributed by atoms with Gasteiger partial charge in [0.15, 0.2) is 0 Å². The van der Waals surface area contributed by atoms with Crippen molar-refractivity contribution in [1.29, 1.82) is 0 Å². The fourth-order valence-corrected chi connectivity index (χ4v) is 2.10. The fourth-order valence-electron chi connectivity index (χ4n) is 2.10. The van der Waals surface area contributed by atoms with Gasteiger partial charge in [0.1, 0.15) is 11.6 Å². The predicted octanol–water partition coefficient (Wildman–Crippen LogP) is 3.62. The molecule has 0 radical (unpaired) electrons. The van der Waals surface area contributed by atoms with Crippen molar-refractivity contribution in [2.45, 2.75) is 25.9 Å². The van der Waals surface area contributed by atoms with Gasteiger partial charge in [0.2, 0.25) is 5.76 Å². The van der Waals surface area contributed by atoms with E-state index in [-0.39, 0.29) is 23.7 Å². The minimum absolute atomic E-state index is 0.0206. The number of benzene rings is 1. The molecule has 0 spiro atoms. The van der Waals surface area contributed by atoms with E-state index in [9.17, 15) is 9.18 Å². The summed E-state index contributed by atoms with van der Waals surface area (Å²) in [6.07, 6.45) is 0. The van der Waals surface area contributed by atoms with E-state index in [2.05, 4.69) is 10.1 Å². The molecule has 1 N–H and O–H groups in total. The highest BCUT2D eigenvalue weighted by molar-refractivity contribution is 5.86. The first-order valence-electron chi connectivity index (χ1n) is 6.71. The third-order valence-corrected chi connectivity index (χ3v) is 3.31. The second-order valence-corrected chi connectivity index (χ2v) is 4.86. The molecule has 2 atom stereocenters. The summed E-state index contributed by atoms with van der Waals surface area (Å²) >= 11 is 0. The maximum atomic E-state index is 12.9. The number of rotatable bonds is 5. The molecule has 0 bridgehead atoms. The standard InChI is InChI=1S/C16H18FNO3/c1-10(12-4-6-13(17)7-5-12)18-11(2)14-8-9-15(21-14)16(19)20-3/h4-11,18H,1-3H3/t10-,11?/m0/s1. The first-order chi connectivity index (χ1) is 10.0. The van der Waals surface area contributed by atoms with Gasteiger partial charge in [0, 0.05) is 6.04 Å². The number of carbonyl (C=O) groups is 1. The molecule has 0 aliphatic rings. The van der Waals surface area contributed by atoms with Crippen LogP contribution in [0.25, 0.3) is 0 Å². The molecule has 1 aromatic carbocycles. The number of esters is 1. The zero-order valence-electron chi connectivity index (χ0n) is 12.2. The lowest BCUT2D eigenvalue weighted by Crippen LogP contribution is -2.22. The molecule has 0 amide bonds. The number of furan rings is 1. The number of hydrogen-bond donors (Lipinski definition) is 1. The number of carbonyl (C=O) groups excluding carboxylic acids is 1. The van der Waals surface area contributed by atoms with E-state index < -0.39 is 5.97 Å². The Labute approximate surface area is 122 Å². The summed E-state index contributed by atoms with van der Waals surface area (Å²) in [5.41, 5.74) is 0.975. The predicted molar refractivity (Wildman–Crippen MR) is 76.4 cm³/mol. The Morgan fingerprint density at radius 2 is 1.81 bits per heavy atom. The van der Waals surface area contributed by atoms with E-state index in [0.29, 0.717) is 5.76 Å². The Bertz CT molecular complexity index is 606. The molecule has 0 saturated heterocycles. The fraction of sp³-hybridized carbons (Fsp3) is 0.312. The van der Waals surface area contributed by atoms with E-state index in [1.807, 2.05) is 13.8 Å². The minimum atomic E-state index is -0.500. The van der Waals surface area contributed by atoms with Gasteiger partial charge in [-0.25, -0.2) is 9.18 Å². The minimum Gasteiger partial charge on any atom is -0.463 e. The first kappa shape index (κ1) is 15.3. The molecule has 0 aliphatic heterocycles. The van der Waals surface area contributed by atoms with Gasteiger partial charge < -0.3 is 14.5 Å². The Morgan fingerprint density at radius 1 is 1.14 bits per heavy atom. The van der Waals surface area contributed by atoms with Gasteiger partial charge in [-0.3, -0.25) is 0 Å². The molecule has 1 unspecified atom stereocenters. The Balaban J connectivity index is 2.03. The Hall–Kier alpha value is -2.14. The number of methoxy groups -OCH3 is 1. The zero-order valence-corrected chi connectivity index (χ0v) is 12.2. The van der Waals surface area contributed by atoms with Gasteiger partial charge >= 0.3 is 5.97 Å². The Kier molecular flexibility index (Phi) is 4.75. The molecule has 0 aliphatic carbocycles. The average molecular weight is 291 g/mol. The third kappa shape index (κ3) is 3.70. The summed E-state index contributed by atoms with van der Waals surface area (Å²) in [6.45, 7) is 3.91. The van der Waals surface area contributed by atoms with E-state index in [0.717, 1.165) is 5.56 Å². The van der Waals surface area contributed by atoms with Gasteiger partial charge in [0.25, 0.3) is 0 Å². The number of nitrogens with one attached hydrogen (secondary N) is 1. The lowest BCUT2D eigenvalue weighted by Gasteiger charge is -2.18. The summed E-state index contributed by atoms with van der Waals surface area (Å²) < 4.78 is 23.0. The topological polar surface area (TPSA) is 51.5 Å². The summed E-state index contributed by atoms with van der Waals surface area (Å²) in [7, 11) is 1.31. The molecule has 2 rings (SSSR count). The van der Waals surface area contributed by atoms with Crippen molar-refractivity contribution in [3.63, 3.8) is 0 Å². The molecule has 0 fully saturated rings. The second-order valence-electron chi connectivity index (χ2n) is 4.86. The van der Waals surface area contributed by atoms with E-state index in [1.54, 1.807) is 24.3 Å². The maximum absolute atomic E-state index is 12.9. The SMILES string of the molecule is COC(=O)c1ccc(C(C)N[C@@H](C)c2ccc(F)cc2)o1. The van der Waals surface area contributed by atoms with E-state index >= 15 is 0 Å². The van der Waals surface area contributed by atoms with Crippen LogP contribution in [-0.2, 0) is 4.74 Å². The van der Waals surface area contributed by atoms with Gasteiger partial charge in [0.05, 0.1) is 13.2 Å². The first-order valence-corrected chi connectivity index (χ1v) is 6.71. The monoisotopic (exact) mass is 291 g/mol. The van der Waals surface area contributed by atoms with Crippen LogP contribution in [0.1, 0.15) is 47.8 Å². The molecule has 0 saturated carbocycles. The highest BCUT2D eigenvalue weighted by Gasteiger charge is 2.17. The number of halogens is 1. The van der Waals surface area contributed by atoms with Crippen LogP contribution in [0, 0.1) is 5.82 Å². The van der Waals surface area contributed by atoms with Gasteiger partial charge in [-0.1, -0.05) is 12.1 Å². The second kappa shape index (κ2) is 6.54. The van der Waals surface area contributed by atoms with Crippen LogP contribution in [0.5, 0.6) is 0 Å². The van der Waals surface area contributed by atoms with Crippen LogP contribution >= 0.6 is 0 Å². The molecule has 5 heteroatoms. The van der Waals surface area contributed by atoms with Crippen molar-refractivity contribution in [3.8, 4) is 0 Å². The summed E-state index contributed by atoms with van der Waals surface area (Å²) in [5, 5.41) is 3.33. The molecular weight excluding hydrogens is 273 g/mol. The molecule has 2 aromatic rings. The molecule has 4 nitrogen and oxygen atoms in total. The van der Waals surface area contributed by atoms with Crippen molar-refractivity contribution in [1.82, 2.24) is 5.32 Å². The van der Waals surface area contributed by atoms with Crippen LogP contribution in [-0.4, -0.2) is 13.1 Å². The van der Waals surface area contributed by atoms with Crippen molar-refractivity contribution in [2.24, 2.45) is 0 Å². The van der Waals surface area contributed by atoms with Crippen molar-refractivity contribution in [2.75, 3.05) is 7.11 Å². The summed E-state index contributed by atoms with van der Waals surface area (Å²) in [5.74, 6) is 0.0627. The Morgan fingerprint density at radius 3 is 2.43 bits per heavy atom. The number of hydrogen-bond acceptors (Lipinski definition) is 4. The van der Waals surface area contributed by atoms with Crippen LogP contribution in [0.3, 0.4) is 0 Å². The highest BCUT2D eigenvalue weighted by Crippen LogP contribution is 2.21. The van der Waals surface area contributed by atoms with Crippen molar-refractivity contribution >= 4 is 5.97 Å². The third-order valence-electron chi connectivity index (χ3n) is 3.31. The molecular formula is C16H18FNO3. The van der Waals surface area contributed by atoms with Crippen molar-refractivity contribution in [3.05, 3.63) is 59.3 Å². The van der Waals surface area contributed by atoms with Crippen LogP contribution in [0.2, 0.25) is 0 Å². The largest absolute Gasteiger partial charge is 0.463 e. The van der Waals surface area contributed by atoms with Crippen molar-refractivity contribution < 1.29 is 18.3 Å².